The Morgan fingerprint density at radius 1 is 0.938 bits per heavy atom. The minimum atomic E-state index is 0.911. The average molecular weight is 214 g/mol. The molecule has 0 saturated carbocycles. The molecule has 0 amide bonds. The molecule has 0 N–H and O–H groups in total. The Balaban J connectivity index is 2.31. The summed E-state index contributed by atoms with van der Waals surface area (Å²) < 4.78 is 0. The summed E-state index contributed by atoms with van der Waals surface area (Å²) >= 11 is 0. The van der Waals surface area contributed by atoms with Crippen LogP contribution in [-0.4, -0.2) is 0 Å². The van der Waals surface area contributed by atoms with E-state index in [4.69, 9.17) is 6.42 Å². The van der Waals surface area contributed by atoms with Crippen LogP contribution in [0.1, 0.15) is 50.2 Å². The molecule has 1 rings (SSSR count). The van der Waals surface area contributed by atoms with Gasteiger partial charge >= 0.3 is 0 Å². The third-order valence-electron chi connectivity index (χ3n) is 2.88. The Morgan fingerprint density at radius 3 is 2.00 bits per heavy atom. The van der Waals surface area contributed by atoms with E-state index in [1.807, 2.05) is 0 Å². The topological polar surface area (TPSA) is 0 Å². The highest BCUT2D eigenvalue weighted by atomic mass is 14.0. The molecule has 0 heterocycles. The first-order valence-electron chi connectivity index (χ1n) is 6.38. The molecule has 0 aliphatic rings. The molecule has 0 atom stereocenters. The van der Waals surface area contributed by atoms with Gasteiger partial charge in [-0.25, -0.2) is 0 Å². The van der Waals surface area contributed by atoms with Crippen LogP contribution in [0.3, 0.4) is 0 Å². The molecule has 0 bridgehead atoms. The van der Waals surface area contributed by atoms with E-state index in [1.165, 1.54) is 36.8 Å². The van der Waals surface area contributed by atoms with E-state index in [1.54, 1.807) is 0 Å². The van der Waals surface area contributed by atoms with Crippen LogP contribution in [-0.2, 0) is 12.8 Å². The summed E-state index contributed by atoms with van der Waals surface area (Å²) in [4.78, 5) is 0. The minimum Gasteiger partial charge on any atom is -0.120 e. The lowest BCUT2D eigenvalue weighted by Crippen LogP contribution is -1.88. The zero-order valence-electron chi connectivity index (χ0n) is 10.3. The number of unbranched alkanes of at least 4 members (excludes halogenated alkanes) is 3. The molecule has 0 unspecified atom stereocenters. The molecule has 86 valence electrons. The van der Waals surface area contributed by atoms with Crippen LogP contribution in [0.4, 0.5) is 0 Å². The molecule has 0 nitrogen and oxygen atoms in total. The summed E-state index contributed by atoms with van der Waals surface area (Å²) in [6.07, 6.45) is 13.4. The zero-order valence-corrected chi connectivity index (χ0v) is 10.3. The van der Waals surface area contributed by atoms with Crippen LogP contribution in [0.25, 0.3) is 0 Å². The van der Waals surface area contributed by atoms with E-state index in [0.29, 0.717) is 0 Å². The van der Waals surface area contributed by atoms with Gasteiger partial charge in [0, 0.05) is 6.42 Å². The van der Waals surface area contributed by atoms with Gasteiger partial charge in [0.25, 0.3) is 0 Å². The Morgan fingerprint density at radius 2 is 1.50 bits per heavy atom. The number of terminal acetylenes is 1. The van der Waals surface area contributed by atoms with Crippen molar-refractivity contribution < 1.29 is 0 Å². The van der Waals surface area contributed by atoms with Crippen LogP contribution < -0.4 is 0 Å². The number of benzene rings is 1. The first-order valence-corrected chi connectivity index (χ1v) is 6.38. The number of hydrogen-bond donors (Lipinski definition) is 0. The van der Waals surface area contributed by atoms with Crippen molar-refractivity contribution in [2.24, 2.45) is 0 Å². The quantitative estimate of drug-likeness (QED) is 0.467. The lowest BCUT2D eigenvalue weighted by Gasteiger charge is -2.03. The molecule has 0 saturated heterocycles. The molecule has 0 heteroatoms. The Kier molecular flexibility index (Phi) is 6.42. The zero-order chi connectivity index (χ0) is 11.6. The van der Waals surface area contributed by atoms with Gasteiger partial charge in [-0.1, -0.05) is 37.6 Å². The van der Waals surface area contributed by atoms with E-state index in [2.05, 4.69) is 37.1 Å². The highest BCUT2D eigenvalue weighted by molar-refractivity contribution is 5.22. The van der Waals surface area contributed by atoms with Crippen molar-refractivity contribution in [1.82, 2.24) is 0 Å². The van der Waals surface area contributed by atoms with Crippen molar-refractivity contribution in [2.45, 2.75) is 51.9 Å². The smallest absolute Gasteiger partial charge is 0.00861 e. The van der Waals surface area contributed by atoms with E-state index in [-0.39, 0.29) is 0 Å². The number of hydrogen-bond acceptors (Lipinski definition) is 0. The second kappa shape index (κ2) is 7.99. The molecule has 1 aromatic rings. The maximum Gasteiger partial charge on any atom is 0.00861 e. The maximum atomic E-state index is 5.22. The lowest BCUT2D eigenvalue weighted by atomic mass is 10.0. The standard InChI is InChI=1S/C16H22/c1-3-5-7-8-10-16-13-11-15(12-14-16)9-6-4-2/h1,11-14H,4-10H2,2H3. The summed E-state index contributed by atoms with van der Waals surface area (Å²) in [6.45, 7) is 2.24. The first kappa shape index (κ1) is 12.8. The Bertz CT molecular complexity index is 313. The second-order valence-corrected chi connectivity index (χ2v) is 4.33. The molecule has 16 heavy (non-hydrogen) atoms. The van der Waals surface area contributed by atoms with Gasteiger partial charge in [-0.3, -0.25) is 0 Å². The molecule has 0 aromatic heterocycles. The van der Waals surface area contributed by atoms with E-state index < -0.39 is 0 Å². The van der Waals surface area contributed by atoms with Crippen LogP contribution in [0.5, 0.6) is 0 Å². The fourth-order valence-corrected chi connectivity index (χ4v) is 1.81. The fourth-order valence-electron chi connectivity index (χ4n) is 1.81. The largest absolute Gasteiger partial charge is 0.120 e. The summed E-state index contributed by atoms with van der Waals surface area (Å²) in [5.41, 5.74) is 2.91. The van der Waals surface area contributed by atoms with Gasteiger partial charge in [-0.15, -0.1) is 12.3 Å². The van der Waals surface area contributed by atoms with Crippen LogP contribution in [0.2, 0.25) is 0 Å². The minimum absolute atomic E-state index is 0.911. The third-order valence-corrected chi connectivity index (χ3v) is 2.88. The highest BCUT2D eigenvalue weighted by Gasteiger charge is 1.95. The summed E-state index contributed by atoms with van der Waals surface area (Å²) in [7, 11) is 0. The predicted molar refractivity (Wildman–Crippen MR) is 71.4 cm³/mol. The van der Waals surface area contributed by atoms with Crippen molar-refractivity contribution >= 4 is 0 Å². The van der Waals surface area contributed by atoms with Crippen molar-refractivity contribution in [1.29, 1.82) is 0 Å². The van der Waals surface area contributed by atoms with Gasteiger partial charge in [-0.05, 0) is 43.2 Å². The molecule has 0 radical (unpaired) electrons. The Hall–Kier alpha value is -1.22. The van der Waals surface area contributed by atoms with Crippen molar-refractivity contribution in [3.05, 3.63) is 35.4 Å². The van der Waals surface area contributed by atoms with Gasteiger partial charge in [0.05, 0.1) is 0 Å². The second-order valence-electron chi connectivity index (χ2n) is 4.33. The van der Waals surface area contributed by atoms with Crippen LogP contribution >= 0.6 is 0 Å². The van der Waals surface area contributed by atoms with E-state index in [0.717, 1.165) is 19.3 Å². The predicted octanol–water partition coefficient (Wildman–Crippen LogP) is 4.38. The maximum absolute atomic E-state index is 5.22. The van der Waals surface area contributed by atoms with Gasteiger partial charge < -0.3 is 0 Å². The van der Waals surface area contributed by atoms with Crippen molar-refractivity contribution in [3.63, 3.8) is 0 Å². The monoisotopic (exact) mass is 214 g/mol. The molecule has 0 spiro atoms. The third kappa shape index (κ3) is 5.03. The van der Waals surface area contributed by atoms with Gasteiger partial charge in [0.15, 0.2) is 0 Å². The van der Waals surface area contributed by atoms with Gasteiger partial charge in [-0.2, -0.15) is 0 Å². The molecule has 0 fully saturated rings. The molecular weight excluding hydrogens is 192 g/mol. The van der Waals surface area contributed by atoms with Crippen LogP contribution in [0.15, 0.2) is 24.3 Å². The first-order chi connectivity index (χ1) is 7.86. The van der Waals surface area contributed by atoms with Gasteiger partial charge in [0.1, 0.15) is 0 Å². The van der Waals surface area contributed by atoms with E-state index >= 15 is 0 Å². The molecular formula is C16H22. The number of rotatable bonds is 7. The summed E-state index contributed by atoms with van der Waals surface area (Å²) in [5.74, 6) is 2.69. The average Bonchev–Trinajstić information content (AvgIpc) is 2.33. The van der Waals surface area contributed by atoms with Crippen molar-refractivity contribution in [3.8, 4) is 12.3 Å². The fraction of sp³-hybridized carbons (Fsp3) is 0.500. The SMILES string of the molecule is C#CCCCCc1ccc(CCCC)cc1. The number of aryl methyl sites for hydroxylation is 2. The van der Waals surface area contributed by atoms with Crippen molar-refractivity contribution in [2.75, 3.05) is 0 Å². The van der Waals surface area contributed by atoms with Gasteiger partial charge in [0.2, 0.25) is 0 Å². The van der Waals surface area contributed by atoms with E-state index in [9.17, 15) is 0 Å². The summed E-state index contributed by atoms with van der Waals surface area (Å²) in [5, 5.41) is 0. The Labute approximate surface area is 100 Å². The lowest BCUT2D eigenvalue weighted by molar-refractivity contribution is 0.755. The molecule has 1 aromatic carbocycles. The normalized spacial score (nSPS) is 10.0. The molecule has 0 aliphatic heterocycles. The molecule has 0 aliphatic carbocycles. The van der Waals surface area contributed by atoms with Crippen LogP contribution in [0, 0.1) is 12.3 Å². The highest BCUT2D eigenvalue weighted by Crippen LogP contribution is 2.10. The summed E-state index contributed by atoms with van der Waals surface area (Å²) in [6, 6.07) is 9.07.